The lowest BCUT2D eigenvalue weighted by Crippen LogP contribution is -2.14. The van der Waals surface area contributed by atoms with Crippen LogP contribution in [0.25, 0.3) is 22.3 Å². The zero-order chi connectivity index (χ0) is 31.6. The molecule has 6 rings (SSSR count). The molecule has 0 saturated carbocycles. The summed E-state index contributed by atoms with van der Waals surface area (Å²) in [5.41, 5.74) is 3.54. The van der Waals surface area contributed by atoms with E-state index in [1.165, 1.54) is 7.11 Å². The molecule has 232 valence electrons. The molecule has 0 spiro atoms. The van der Waals surface area contributed by atoms with Gasteiger partial charge in [-0.15, -0.1) is 0 Å². The zero-order valence-corrected chi connectivity index (χ0v) is 24.3. The van der Waals surface area contributed by atoms with Crippen molar-refractivity contribution in [3.8, 4) is 17.1 Å². The van der Waals surface area contributed by atoms with Gasteiger partial charge in [-0.05, 0) is 48.4 Å². The van der Waals surface area contributed by atoms with Crippen LogP contribution in [-0.2, 0) is 35.2 Å². The van der Waals surface area contributed by atoms with Crippen molar-refractivity contribution in [3.63, 3.8) is 0 Å². The van der Waals surface area contributed by atoms with Gasteiger partial charge in [0.05, 0.1) is 41.6 Å². The Labute approximate surface area is 256 Å². The third kappa shape index (κ3) is 6.83. The molecule has 1 atom stereocenters. The van der Waals surface area contributed by atoms with Gasteiger partial charge in [-0.3, -0.25) is 0 Å². The number of ether oxygens (including phenoxy) is 3. The number of esters is 1. The van der Waals surface area contributed by atoms with Crippen LogP contribution < -0.4 is 4.74 Å². The first kappa shape index (κ1) is 30.3. The van der Waals surface area contributed by atoms with Crippen LogP contribution in [0.4, 0.5) is 17.6 Å². The predicted octanol–water partition coefficient (Wildman–Crippen LogP) is 7.25. The minimum Gasteiger partial charge on any atom is -0.473 e. The fraction of sp³-hybridized carbons (Fsp3) is 0.265. The number of alkyl halides is 3. The van der Waals surface area contributed by atoms with Crippen LogP contribution >= 0.6 is 0 Å². The van der Waals surface area contributed by atoms with Gasteiger partial charge in [0.2, 0.25) is 5.88 Å². The summed E-state index contributed by atoms with van der Waals surface area (Å²) in [4.78, 5) is 21.6. The third-order valence-corrected chi connectivity index (χ3v) is 7.80. The molecule has 0 amide bonds. The Hall–Kier alpha value is -4.77. The van der Waals surface area contributed by atoms with Gasteiger partial charge >= 0.3 is 12.1 Å². The molecule has 0 unspecified atom stereocenters. The summed E-state index contributed by atoms with van der Waals surface area (Å²) in [6.07, 6.45) is -3.10. The third-order valence-electron chi connectivity index (χ3n) is 7.80. The number of halogens is 4. The molecule has 0 N–H and O–H groups in total. The number of methoxy groups -OCH3 is 1. The summed E-state index contributed by atoms with van der Waals surface area (Å²) < 4.78 is 71.1. The topological polar surface area (TPSA) is 75.5 Å². The van der Waals surface area contributed by atoms with Gasteiger partial charge in [0, 0.05) is 42.7 Å². The van der Waals surface area contributed by atoms with Crippen LogP contribution in [0.15, 0.2) is 78.9 Å². The maximum atomic E-state index is 14.2. The van der Waals surface area contributed by atoms with E-state index in [0.29, 0.717) is 36.3 Å². The molecule has 0 radical (unpaired) electrons. The van der Waals surface area contributed by atoms with E-state index in [0.717, 1.165) is 59.7 Å². The molecule has 3 heterocycles. The molecular formula is C34H29F4N3O4. The average molecular weight is 620 g/mol. The van der Waals surface area contributed by atoms with Crippen molar-refractivity contribution in [2.45, 2.75) is 32.2 Å². The van der Waals surface area contributed by atoms with Crippen molar-refractivity contribution in [2.24, 2.45) is 5.92 Å². The van der Waals surface area contributed by atoms with E-state index in [-0.39, 0.29) is 18.1 Å². The lowest BCUT2D eigenvalue weighted by atomic mass is 10.1. The summed E-state index contributed by atoms with van der Waals surface area (Å²) in [6, 6.07) is 20.7. The second kappa shape index (κ2) is 12.7. The van der Waals surface area contributed by atoms with Crippen LogP contribution in [0.5, 0.6) is 5.88 Å². The second-order valence-electron chi connectivity index (χ2n) is 10.9. The van der Waals surface area contributed by atoms with Gasteiger partial charge in [-0.1, -0.05) is 36.4 Å². The largest absolute Gasteiger partial charge is 0.473 e. The number of fused-ring (bicyclic) bond motifs is 1. The lowest BCUT2D eigenvalue weighted by molar-refractivity contribution is -0.137. The van der Waals surface area contributed by atoms with Crippen molar-refractivity contribution in [1.82, 2.24) is 14.5 Å². The van der Waals surface area contributed by atoms with Crippen molar-refractivity contribution in [2.75, 3.05) is 20.3 Å². The summed E-state index contributed by atoms with van der Waals surface area (Å²) >= 11 is 0. The number of nitrogens with zero attached hydrogens (tertiary/aromatic N) is 3. The molecule has 1 aliphatic rings. The van der Waals surface area contributed by atoms with Crippen molar-refractivity contribution >= 4 is 17.0 Å². The molecular weight excluding hydrogens is 590 g/mol. The predicted molar refractivity (Wildman–Crippen MR) is 158 cm³/mol. The SMILES string of the molecule is COC(=O)c1ccc2nc(Cc3ccc(-c4cccc(OCc5ccc(C(F)(F)F)cc5F)n4)cc3)n(C[C@@H]3CCOC3)c2c1. The van der Waals surface area contributed by atoms with Gasteiger partial charge in [-0.25, -0.2) is 19.2 Å². The Morgan fingerprint density at radius 3 is 2.56 bits per heavy atom. The molecule has 11 heteroatoms. The summed E-state index contributed by atoms with van der Waals surface area (Å²) in [6.45, 7) is 1.86. The van der Waals surface area contributed by atoms with E-state index in [2.05, 4.69) is 9.55 Å². The molecule has 3 aromatic carbocycles. The molecule has 0 bridgehead atoms. The Kier molecular flexibility index (Phi) is 8.53. The molecule has 7 nitrogen and oxygen atoms in total. The van der Waals surface area contributed by atoms with Crippen molar-refractivity contribution < 1.29 is 36.6 Å². The molecule has 5 aromatic rings. The van der Waals surface area contributed by atoms with Crippen LogP contribution in [0.1, 0.15) is 39.3 Å². The highest BCUT2D eigenvalue weighted by molar-refractivity contribution is 5.93. The highest BCUT2D eigenvalue weighted by Crippen LogP contribution is 2.31. The molecule has 1 aliphatic heterocycles. The summed E-state index contributed by atoms with van der Waals surface area (Å²) in [7, 11) is 1.36. The minimum atomic E-state index is -4.62. The first-order valence-electron chi connectivity index (χ1n) is 14.4. The fourth-order valence-electron chi connectivity index (χ4n) is 5.37. The maximum Gasteiger partial charge on any atom is 0.416 e. The first-order chi connectivity index (χ1) is 21.7. The summed E-state index contributed by atoms with van der Waals surface area (Å²) in [5.74, 6) is 0.0375. The Balaban J connectivity index is 1.19. The van der Waals surface area contributed by atoms with Gasteiger partial charge in [0.25, 0.3) is 0 Å². The number of carbonyl (C=O) groups is 1. The highest BCUT2D eigenvalue weighted by Gasteiger charge is 2.31. The van der Waals surface area contributed by atoms with Crippen LogP contribution in [0.2, 0.25) is 0 Å². The van der Waals surface area contributed by atoms with E-state index in [4.69, 9.17) is 19.2 Å². The summed E-state index contributed by atoms with van der Waals surface area (Å²) in [5, 5.41) is 0. The van der Waals surface area contributed by atoms with Crippen LogP contribution in [-0.4, -0.2) is 40.8 Å². The smallest absolute Gasteiger partial charge is 0.416 e. The number of hydrogen-bond acceptors (Lipinski definition) is 6. The normalized spacial score (nSPS) is 15.0. The van der Waals surface area contributed by atoms with Crippen molar-refractivity contribution in [1.29, 1.82) is 0 Å². The number of benzene rings is 3. The number of rotatable bonds is 9. The molecule has 1 saturated heterocycles. The van der Waals surface area contributed by atoms with Gasteiger partial charge < -0.3 is 18.8 Å². The Bertz CT molecular complexity index is 1830. The van der Waals surface area contributed by atoms with Crippen LogP contribution in [0.3, 0.4) is 0 Å². The zero-order valence-electron chi connectivity index (χ0n) is 24.3. The second-order valence-corrected chi connectivity index (χ2v) is 10.9. The minimum absolute atomic E-state index is 0.00689. The Morgan fingerprint density at radius 2 is 1.84 bits per heavy atom. The Morgan fingerprint density at radius 1 is 1.02 bits per heavy atom. The molecule has 0 aliphatic carbocycles. The van der Waals surface area contributed by atoms with E-state index in [9.17, 15) is 22.4 Å². The monoisotopic (exact) mass is 619 g/mol. The van der Waals surface area contributed by atoms with E-state index < -0.39 is 23.5 Å². The van der Waals surface area contributed by atoms with E-state index in [1.54, 1.807) is 18.2 Å². The quantitative estimate of drug-likeness (QED) is 0.128. The molecule has 1 fully saturated rings. The van der Waals surface area contributed by atoms with E-state index in [1.807, 2.05) is 42.5 Å². The van der Waals surface area contributed by atoms with Crippen molar-refractivity contribution in [3.05, 3.63) is 113 Å². The standard InChI is InChI=1S/C34H29F4N3O4/c1-43-33(42)24-10-12-29-30(16-24)41(18-22-13-14-44-19-22)31(39-29)15-21-5-7-23(8-6-21)28-3-2-4-32(40-28)45-20-25-9-11-26(17-27(25)35)34(36,37)38/h2-12,16-17,22H,13-15,18-20H2,1H3/t22-/m0/s1. The van der Waals surface area contributed by atoms with Gasteiger partial charge in [0.1, 0.15) is 18.2 Å². The number of imidazole rings is 1. The first-order valence-corrected chi connectivity index (χ1v) is 14.4. The number of carbonyl (C=O) groups excluding carboxylic acids is 1. The van der Waals surface area contributed by atoms with Gasteiger partial charge in [-0.2, -0.15) is 13.2 Å². The van der Waals surface area contributed by atoms with Crippen LogP contribution in [0, 0.1) is 11.7 Å². The lowest BCUT2D eigenvalue weighted by Gasteiger charge is -2.14. The fourth-order valence-corrected chi connectivity index (χ4v) is 5.37. The van der Waals surface area contributed by atoms with Gasteiger partial charge in [0.15, 0.2) is 0 Å². The maximum absolute atomic E-state index is 14.2. The molecule has 2 aromatic heterocycles. The average Bonchev–Trinajstić information content (AvgIpc) is 3.68. The highest BCUT2D eigenvalue weighted by atomic mass is 19.4. The number of pyridine rings is 1. The number of aromatic nitrogens is 3. The number of hydrogen-bond donors (Lipinski definition) is 0. The molecule has 45 heavy (non-hydrogen) atoms. The van der Waals surface area contributed by atoms with E-state index >= 15 is 0 Å².